The monoisotopic (exact) mass is 298 g/mol. The standard InChI is InChI=1S/C15H14N4OS/c1-8-11(5-9(17)7-18-8)14(20)19-15-12(6-16)10-3-2-4-13(10)21-15/h5,7H,2-4,17H2,1H3,(H,19,20). The van der Waals surface area contributed by atoms with Crippen molar-refractivity contribution in [2.24, 2.45) is 0 Å². The highest BCUT2D eigenvalue weighted by Crippen LogP contribution is 2.38. The lowest BCUT2D eigenvalue weighted by molar-refractivity contribution is 0.102. The Morgan fingerprint density at radius 3 is 3.10 bits per heavy atom. The smallest absolute Gasteiger partial charge is 0.258 e. The Morgan fingerprint density at radius 1 is 1.52 bits per heavy atom. The largest absolute Gasteiger partial charge is 0.397 e. The van der Waals surface area contributed by atoms with Crippen molar-refractivity contribution >= 4 is 27.9 Å². The normalized spacial score (nSPS) is 12.8. The number of nitrogens with zero attached hydrogens (tertiary/aromatic N) is 2. The molecule has 0 aliphatic heterocycles. The van der Waals surface area contributed by atoms with Crippen molar-refractivity contribution in [1.29, 1.82) is 5.26 Å². The van der Waals surface area contributed by atoms with E-state index >= 15 is 0 Å². The molecule has 0 spiro atoms. The van der Waals surface area contributed by atoms with Gasteiger partial charge in [-0.1, -0.05) is 0 Å². The molecule has 6 heteroatoms. The number of amides is 1. The molecule has 0 unspecified atom stereocenters. The fraction of sp³-hybridized carbons (Fsp3) is 0.267. The molecule has 0 atom stereocenters. The summed E-state index contributed by atoms with van der Waals surface area (Å²) in [5.74, 6) is -0.274. The van der Waals surface area contributed by atoms with Crippen LogP contribution in [0.2, 0.25) is 0 Å². The Hall–Kier alpha value is -2.39. The van der Waals surface area contributed by atoms with Gasteiger partial charge in [0.15, 0.2) is 0 Å². The average molecular weight is 298 g/mol. The van der Waals surface area contributed by atoms with Gasteiger partial charge in [-0.25, -0.2) is 0 Å². The highest BCUT2D eigenvalue weighted by molar-refractivity contribution is 7.16. The van der Waals surface area contributed by atoms with Crippen molar-refractivity contribution in [1.82, 2.24) is 4.98 Å². The second-order valence-corrected chi connectivity index (χ2v) is 6.13. The van der Waals surface area contributed by atoms with Gasteiger partial charge in [0.2, 0.25) is 0 Å². The van der Waals surface area contributed by atoms with Crippen LogP contribution >= 0.6 is 11.3 Å². The van der Waals surface area contributed by atoms with Crippen LogP contribution in [0.4, 0.5) is 10.7 Å². The maximum absolute atomic E-state index is 12.4. The predicted octanol–water partition coefficient (Wildman–Crippen LogP) is 2.65. The number of pyridine rings is 1. The summed E-state index contributed by atoms with van der Waals surface area (Å²) in [5, 5.41) is 12.8. The first-order chi connectivity index (χ1) is 10.1. The topological polar surface area (TPSA) is 91.8 Å². The van der Waals surface area contributed by atoms with Gasteiger partial charge in [0.1, 0.15) is 11.1 Å². The SMILES string of the molecule is Cc1ncc(N)cc1C(=O)Nc1sc2c(c1C#N)CCC2. The van der Waals surface area contributed by atoms with E-state index in [2.05, 4.69) is 16.4 Å². The van der Waals surface area contributed by atoms with Crippen LogP contribution in [0.15, 0.2) is 12.3 Å². The van der Waals surface area contributed by atoms with Crippen molar-refractivity contribution in [2.45, 2.75) is 26.2 Å². The van der Waals surface area contributed by atoms with Crippen LogP contribution < -0.4 is 11.1 Å². The Morgan fingerprint density at radius 2 is 2.33 bits per heavy atom. The molecule has 0 bridgehead atoms. The molecule has 5 nitrogen and oxygen atoms in total. The number of hydrogen-bond acceptors (Lipinski definition) is 5. The molecule has 3 N–H and O–H groups in total. The molecule has 1 amide bonds. The van der Waals surface area contributed by atoms with Crippen molar-refractivity contribution < 1.29 is 4.79 Å². The zero-order valence-corrected chi connectivity index (χ0v) is 12.4. The molecule has 0 aromatic carbocycles. The van der Waals surface area contributed by atoms with Gasteiger partial charge in [-0.3, -0.25) is 9.78 Å². The second kappa shape index (κ2) is 5.19. The summed E-state index contributed by atoms with van der Waals surface area (Å²) in [6, 6.07) is 3.82. The summed E-state index contributed by atoms with van der Waals surface area (Å²) in [6.45, 7) is 1.76. The van der Waals surface area contributed by atoms with Crippen LogP contribution in [0, 0.1) is 18.3 Å². The van der Waals surface area contributed by atoms with Gasteiger partial charge in [-0.05, 0) is 37.8 Å². The van der Waals surface area contributed by atoms with E-state index in [0.717, 1.165) is 24.8 Å². The predicted molar refractivity (Wildman–Crippen MR) is 82.4 cm³/mol. The van der Waals surface area contributed by atoms with E-state index in [1.54, 1.807) is 13.0 Å². The summed E-state index contributed by atoms with van der Waals surface area (Å²) in [5.41, 5.74) is 8.88. The first-order valence-electron chi connectivity index (χ1n) is 6.68. The fourth-order valence-electron chi connectivity index (χ4n) is 2.56. The number of nitrogens with two attached hydrogens (primary N) is 1. The zero-order valence-electron chi connectivity index (χ0n) is 11.6. The lowest BCUT2D eigenvalue weighted by Gasteiger charge is -2.07. The molecule has 0 radical (unpaired) electrons. The molecule has 2 aromatic rings. The van der Waals surface area contributed by atoms with Gasteiger partial charge in [0.25, 0.3) is 5.91 Å². The average Bonchev–Trinajstić information content (AvgIpc) is 3.01. The maximum Gasteiger partial charge on any atom is 0.258 e. The molecule has 0 fully saturated rings. The van der Waals surface area contributed by atoms with E-state index < -0.39 is 0 Å². The van der Waals surface area contributed by atoms with Crippen LogP contribution in [-0.4, -0.2) is 10.9 Å². The summed E-state index contributed by atoms with van der Waals surface area (Å²) in [6.07, 6.45) is 4.52. The molecule has 106 valence electrons. The van der Waals surface area contributed by atoms with Gasteiger partial charge in [-0.15, -0.1) is 11.3 Å². The molecule has 2 heterocycles. The minimum Gasteiger partial charge on any atom is -0.397 e. The van der Waals surface area contributed by atoms with Gasteiger partial charge >= 0.3 is 0 Å². The number of carbonyl (C=O) groups excluding carboxylic acids is 1. The van der Waals surface area contributed by atoms with E-state index in [4.69, 9.17) is 5.73 Å². The van der Waals surface area contributed by atoms with Crippen LogP contribution in [0.1, 0.15) is 38.5 Å². The molecule has 3 rings (SSSR count). The number of thiophene rings is 1. The third-order valence-corrected chi connectivity index (χ3v) is 4.82. The third kappa shape index (κ3) is 2.36. The molecule has 1 aliphatic rings. The Labute approximate surface area is 126 Å². The number of fused-ring (bicyclic) bond motifs is 1. The number of carbonyl (C=O) groups is 1. The molecule has 1 aliphatic carbocycles. The van der Waals surface area contributed by atoms with Gasteiger partial charge in [-0.2, -0.15) is 5.26 Å². The molecule has 0 saturated carbocycles. The minimum atomic E-state index is -0.274. The number of nitrogens with one attached hydrogen (secondary N) is 1. The first-order valence-corrected chi connectivity index (χ1v) is 7.50. The third-order valence-electron chi connectivity index (χ3n) is 3.61. The summed E-state index contributed by atoms with van der Waals surface area (Å²) >= 11 is 1.50. The molecule has 21 heavy (non-hydrogen) atoms. The molecular weight excluding hydrogens is 284 g/mol. The zero-order chi connectivity index (χ0) is 15.0. The Kier molecular flexibility index (Phi) is 3.35. The van der Waals surface area contributed by atoms with E-state index in [1.165, 1.54) is 22.4 Å². The molecule has 0 saturated heterocycles. The minimum absolute atomic E-state index is 0.274. The summed E-state index contributed by atoms with van der Waals surface area (Å²) in [7, 11) is 0. The van der Waals surface area contributed by atoms with Crippen molar-refractivity contribution in [3.05, 3.63) is 39.5 Å². The van der Waals surface area contributed by atoms with Crippen LogP contribution in [0.5, 0.6) is 0 Å². The lowest BCUT2D eigenvalue weighted by Crippen LogP contribution is -2.14. The first kappa shape index (κ1) is 13.6. The number of nitrogen functional groups attached to an aromatic ring is 1. The number of nitriles is 1. The summed E-state index contributed by atoms with van der Waals surface area (Å²) in [4.78, 5) is 17.7. The van der Waals surface area contributed by atoms with Crippen LogP contribution in [-0.2, 0) is 12.8 Å². The number of anilines is 2. The van der Waals surface area contributed by atoms with E-state index in [9.17, 15) is 10.1 Å². The fourth-order valence-corrected chi connectivity index (χ4v) is 3.79. The van der Waals surface area contributed by atoms with Gasteiger partial charge < -0.3 is 11.1 Å². The number of hydrogen-bond donors (Lipinski definition) is 2. The maximum atomic E-state index is 12.4. The van der Waals surface area contributed by atoms with Crippen molar-refractivity contribution in [3.63, 3.8) is 0 Å². The quantitative estimate of drug-likeness (QED) is 0.891. The molecular formula is C15H14N4OS. The van der Waals surface area contributed by atoms with Crippen molar-refractivity contribution in [2.75, 3.05) is 11.1 Å². The van der Waals surface area contributed by atoms with Crippen molar-refractivity contribution in [3.8, 4) is 6.07 Å². The van der Waals surface area contributed by atoms with E-state index in [1.807, 2.05) is 0 Å². The number of rotatable bonds is 2. The van der Waals surface area contributed by atoms with E-state index in [-0.39, 0.29) is 5.91 Å². The highest BCUT2D eigenvalue weighted by atomic mass is 32.1. The van der Waals surface area contributed by atoms with Crippen LogP contribution in [0.25, 0.3) is 0 Å². The lowest BCUT2D eigenvalue weighted by atomic mass is 10.1. The molecule has 2 aromatic heterocycles. The van der Waals surface area contributed by atoms with E-state index in [0.29, 0.717) is 27.5 Å². The van der Waals surface area contributed by atoms with Crippen LogP contribution in [0.3, 0.4) is 0 Å². The van der Waals surface area contributed by atoms with Gasteiger partial charge in [0.05, 0.1) is 28.7 Å². The Balaban J connectivity index is 1.92. The Bertz CT molecular complexity index is 773. The van der Waals surface area contributed by atoms with Gasteiger partial charge in [0, 0.05) is 4.88 Å². The number of aryl methyl sites for hydroxylation is 2. The highest BCUT2D eigenvalue weighted by Gasteiger charge is 2.23. The number of aromatic nitrogens is 1. The second-order valence-electron chi connectivity index (χ2n) is 5.03. The summed E-state index contributed by atoms with van der Waals surface area (Å²) < 4.78 is 0.